The number of rotatable bonds is 6. The number of nitrogens with one attached hydrogen (secondary N) is 1. The van der Waals surface area contributed by atoms with Gasteiger partial charge < -0.3 is 10.1 Å². The van der Waals surface area contributed by atoms with Gasteiger partial charge in [-0.05, 0) is 42.5 Å². The van der Waals surface area contributed by atoms with Crippen LogP contribution < -0.4 is 10.5 Å². The van der Waals surface area contributed by atoms with Crippen LogP contribution in [0.25, 0.3) is 0 Å². The number of sulfonamides is 1. The Hall–Kier alpha value is -3.27. The molecule has 1 amide bonds. The molecule has 3 N–H and O–H groups in total. The van der Waals surface area contributed by atoms with E-state index < -0.39 is 33.8 Å². The number of amides is 1. The Morgan fingerprint density at radius 1 is 1.00 bits per heavy atom. The molecule has 0 spiro atoms. The van der Waals surface area contributed by atoms with Crippen LogP contribution in [0, 0.1) is 5.82 Å². The molecule has 3 rings (SSSR count). The fourth-order valence-electron chi connectivity index (χ4n) is 2.65. The maximum absolute atomic E-state index is 13.1. The molecule has 0 saturated heterocycles. The first-order chi connectivity index (χ1) is 14.6. The number of carbonyl (C=O) groups excluding carboxylic acids is 2. The van der Waals surface area contributed by atoms with Crippen LogP contribution >= 0.6 is 11.6 Å². The van der Waals surface area contributed by atoms with Gasteiger partial charge in [-0.1, -0.05) is 41.9 Å². The Morgan fingerprint density at radius 3 is 2.26 bits per heavy atom. The van der Waals surface area contributed by atoms with Gasteiger partial charge in [-0.15, -0.1) is 0 Å². The van der Waals surface area contributed by atoms with E-state index in [2.05, 4.69) is 5.32 Å². The Kier molecular flexibility index (Phi) is 6.69. The van der Waals surface area contributed by atoms with E-state index in [0.29, 0.717) is 5.56 Å². The third-order valence-electron chi connectivity index (χ3n) is 4.16. The Balaban J connectivity index is 1.91. The molecule has 0 aliphatic rings. The highest BCUT2D eigenvalue weighted by Gasteiger charge is 2.27. The van der Waals surface area contributed by atoms with Crippen LogP contribution in [0.1, 0.15) is 22.0 Å². The van der Waals surface area contributed by atoms with Crippen molar-refractivity contribution in [3.8, 4) is 0 Å². The number of halogens is 2. The molecule has 0 bridgehead atoms. The summed E-state index contributed by atoms with van der Waals surface area (Å²) in [6, 6.07) is 16.5. The fourth-order valence-corrected chi connectivity index (χ4v) is 3.38. The largest absolute Gasteiger partial charge is 0.444 e. The average molecular weight is 463 g/mol. The molecule has 1 atom stereocenters. The van der Waals surface area contributed by atoms with Crippen molar-refractivity contribution < 1.29 is 27.1 Å². The molecule has 0 aliphatic heterocycles. The number of benzene rings is 3. The normalized spacial score (nSPS) is 12.1. The van der Waals surface area contributed by atoms with Crippen molar-refractivity contribution >= 4 is 39.2 Å². The molecule has 0 radical (unpaired) electrons. The smallest absolute Gasteiger partial charge is 0.340 e. The SMILES string of the molecule is NS(=O)(=O)c1ccc(Cl)c(C(=O)OC(C(=O)Nc2ccc(F)cc2)c2ccccc2)c1. The predicted molar refractivity (Wildman–Crippen MR) is 112 cm³/mol. The topological polar surface area (TPSA) is 116 Å². The highest BCUT2D eigenvalue weighted by Crippen LogP contribution is 2.26. The Morgan fingerprint density at radius 2 is 1.65 bits per heavy atom. The monoisotopic (exact) mass is 462 g/mol. The van der Waals surface area contributed by atoms with Crippen molar-refractivity contribution in [3.05, 3.63) is 94.8 Å². The number of nitrogens with two attached hydrogens (primary N) is 1. The number of primary sulfonamides is 1. The van der Waals surface area contributed by atoms with Gasteiger partial charge in [0.2, 0.25) is 16.1 Å². The van der Waals surface area contributed by atoms with Crippen LogP contribution in [0.3, 0.4) is 0 Å². The predicted octanol–water partition coefficient (Wildman–Crippen LogP) is 3.66. The van der Waals surface area contributed by atoms with Crippen LogP contribution in [0.4, 0.5) is 10.1 Å². The quantitative estimate of drug-likeness (QED) is 0.542. The van der Waals surface area contributed by atoms with Gasteiger partial charge in [-0.25, -0.2) is 22.7 Å². The summed E-state index contributed by atoms with van der Waals surface area (Å²) in [7, 11) is -4.09. The van der Waals surface area contributed by atoms with Crippen molar-refractivity contribution in [2.45, 2.75) is 11.0 Å². The maximum Gasteiger partial charge on any atom is 0.340 e. The minimum atomic E-state index is -4.09. The second-order valence-electron chi connectivity index (χ2n) is 6.38. The van der Waals surface area contributed by atoms with E-state index in [4.69, 9.17) is 21.5 Å². The van der Waals surface area contributed by atoms with Gasteiger partial charge >= 0.3 is 5.97 Å². The maximum atomic E-state index is 13.1. The molecule has 0 aliphatic carbocycles. The van der Waals surface area contributed by atoms with E-state index in [-0.39, 0.29) is 21.2 Å². The minimum Gasteiger partial charge on any atom is -0.444 e. The molecule has 0 aromatic heterocycles. The molecule has 0 heterocycles. The van der Waals surface area contributed by atoms with Gasteiger partial charge in [-0.3, -0.25) is 4.79 Å². The lowest BCUT2D eigenvalue weighted by atomic mass is 10.1. The highest BCUT2D eigenvalue weighted by atomic mass is 35.5. The molecule has 10 heteroatoms. The van der Waals surface area contributed by atoms with Gasteiger partial charge in [-0.2, -0.15) is 0 Å². The molecule has 160 valence electrons. The summed E-state index contributed by atoms with van der Waals surface area (Å²) in [5.74, 6) is -2.21. The number of carbonyl (C=O) groups is 2. The van der Waals surface area contributed by atoms with E-state index in [0.717, 1.165) is 24.3 Å². The molecule has 7 nitrogen and oxygen atoms in total. The van der Waals surface area contributed by atoms with Crippen molar-refractivity contribution in [1.82, 2.24) is 0 Å². The second-order valence-corrected chi connectivity index (χ2v) is 8.35. The first kappa shape index (κ1) is 22.4. The summed E-state index contributed by atoms with van der Waals surface area (Å²) >= 11 is 6.02. The third-order valence-corrected chi connectivity index (χ3v) is 5.40. The van der Waals surface area contributed by atoms with E-state index in [9.17, 15) is 22.4 Å². The minimum absolute atomic E-state index is 0.0804. The third kappa shape index (κ3) is 5.66. The molecule has 3 aromatic carbocycles. The van der Waals surface area contributed by atoms with Gasteiger partial charge in [0, 0.05) is 11.3 Å². The summed E-state index contributed by atoms with van der Waals surface area (Å²) in [6.07, 6.45) is -1.40. The Bertz CT molecular complexity index is 1220. The molecular weight excluding hydrogens is 447 g/mol. The Labute approximate surface area is 182 Å². The van der Waals surface area contributed by atoms with Gasteiger partial charge in [0.15, 0.2) is 0 Å². The van der Waals surface area contributed by atoms with Crippen LogP contribution in [0.2, 0.25) is 5.02 Å². The summed E-state index contributed by atoms with van der Waals surface area (Å²) in [5, 5.41) is 7.56. The first-order valence-corrected chi connectivity index (χ1v) is 10.7. The first-order valence-electron chi connectivity index (χ1n) is 8.80. The zero-order valence-electron chi connectivity index (χ0n) is 15.8. The number of hydrogen-bond donors (Lipinski definition) is 2. The van der Waals surface area contributed by atoms with Crippen molar-refractivity contribution in [1.29, 1.82) is 0 Å². The van der Waals surface area contributed by atoms with Crippen molar-refractivity contribution in [3.63, 3.8) is 0 Å². The highest BCUT2D eigenvalue weighted by molar-refractivity contribution is 7.89. The summed E-state index contributed by atoms with van der Waals surface area (Å²) < 4.78 is 41.7. The molecule has 0 fully saturated rings. The van der Waals surface area contributed by atoms with Crippen molar-refractivity contribution in [2.24, 2.45) is 5.14 Å². The zero-order chi connectivity index (χ0) is 22.6. The molecular formula is C21H16ClFN2O5S. The molecule has 1 unspecified atom stereocenters. The number of hydrogen-bond acceptors (Lipinski definition) is 5. The van der Waals surface area contributed by atoms with E-state index >= 15 is 0 Å². The second kappa shape index (κ2) is 9.25. The van der Waals surface area contributed by atoms with Crippen LogP contribution in [0.15, 0.2) is 77.7 Å². The lowest BCUT2D eigenvalue weighted by molar-refractivity contribution is -0.125. The molecule has 3 aromatic rings. The summed E-state index contributed by atoms with van der Waals surface area (Å²) in [5.41, 5.74) is 0.371. The van der Waals surface area contributed by atoms with Crippen LogP contribution in [-0.2, 0) is 19.6 Å². The van der Waals surface area contributed by atoms with E-state index in [1.807, 2.05) is 0 Å². The summed E-state index contributed by atoms with van der Waals surface area (Å²) in [4.78, 5) is 25.3. The number of anilines is 1. The van der Waals surface area contributed by atoms with Gasteiger partial charge in [0.25, 0.3) is 5.91 Å². The zero-order valence-corrected chi connectivity index (χ0v) is 17.4. The average Bonchev–Trinajstić information content (AvgIpc) is 2.73. The van der Waals surface area contributed by atoms with Gasteiger partial charge in [0.05, 0.1) is 15.5 Å². The fraction of sp³-hybridized carbons (Fsp3) is 0.0476. The van der Waals surface area contributed by atoms with E-state index in [1.165, 1.54) is 18.2 Å². The lowest BCUT2D eigenvalue weighted by Crippen LogP contribution is -2.26. The van der Waals surface area contributed by atoms with Crippen LogP contribution in [0.5, 0.6) is 0 Å². The van der Waals surface area contributed by atoms with E-state index in [1.54, 1.807) is 30.3 Å². The molecule has 0 saturated carbocycles. The van der Waals surface area contributed by atoms with Crippen LogP contribution in [-0.4, -0.2) is 20.3 Å². The van der Waals surface area contributed by atoms with Crippen molar-refractivity contribution in [2.75, 3.05) is 5.32 Å². The summed E-state index contributed by atoms with van der Waals surface area (Å²) in [6.45, 7) is 0. The van der Waals surface area contributed by atoms with Gasteiger partial charge in [0.1, 0.15) is 5.82 Å². The number of esters is 1. The lowest BCUT2D eigenvalue weighted by Gasteiger charge is -2.18. The molecule has 31 heavy (non-hydrogen) atoms. The standard InChI is InChI=1S/C21H16ClFN2O5S/c22-18-11-10-16(31(24,28)29)12-17(18)21(27)30-19(13-4-2-1-3-5-13)20(26)25-15-8-6-14(23)7-9-15/h1-12,19H,(H,25,26)(H2,24,28,29). The number of ether oxygens (including phenoxy) is 1.